The first-order chi connectivity index (χ1) is 6.77. The van der Waals surface area contributed by atoms with Gasteiger partial charge in [0.25, 0.3) is 0 Å². The lowest BCUT2D eigenvalue weighted by Gasteiger charge is -2.05. The molecule has 0 aliphatic heterocycles. The molecule has 0 atom stereocenters. The molecule has 0 N–H and O–H groups in total. The van der Waals surface area contributed by atoms with E-state index in [4.69, 9.17) is 0 Å². The molecule has 1 aromatic carbocycles. The van der Waals surface area contributed by atoms with E-state index in [1.54, 1.807) is 11.3 Å². The van der Waals surface area contributed by atoms with Crippen LogP contribution in [0, 0.1) is 0 Å². The van der Waals surface area contributed by atoms with E-state index in [1.807, 2.05) is 17.5 Å². The minimum Gasteiger partial charge on any atom is -0.298 e. The van der Waals surface area contributed by atoms with Crippen LogP contribution in [0.25, 0.3) is 10.1 Å². The molecule has 0 saturated heterocycles. The minimum absolute atomic E-state index is 0.660. The molecule has 0 fully saturated rings. The predicted octanol–water partition coefficient (Wildman–Crippen LogP) is 3.90. The van der Waals surface area contributed by atoms with Crippen LogP contribution in [0.3, 0.4) is 0 Å². The second-order valence-corrected chi connectivity index (χ2v) is 4.84. The van der Waals surface area contributed by atoms with Crippen molar-refractivity contribution in [3.63, 3.8) is 0 Å². The summed E-state index contributed by atoms with van der Waals surface area (Å²) >= 11 is 9.33. The second kappa shape index (κ2) is 4.04. The number of thiophene rings is 1. The lowest BCUT2D eigenvalue weighted by atomic mass is 10.1. The van der Waals surface area contributed by atoms with Crippen molar-refractivity contribution in [3.8, 4) is 0 Å². The van der Waals surface area contributed by atoms with Gasteiger partial charge in [0.05, 0.1) is 0 Å². The zero-order valence-corrected chi connectivity index (χ0v) is 10.5. The molecule has 0 unspecified atom stereocenters. The van der Waals surface area contributed by atoms with Gasteiger partial charge >= 0.3 is 0 Å². The summed E-state index contributed by atoms with van der Waals surface area (Å²) in [7, 11) is 0. The van der Waals surface area contributed by atoms with Crippen LogP contribution in [0.1, 0.15) is 15.9 Å². The average molecular weight is 287 g/mol. The molecule has 0 bridgehead atoms. The van der Waals surface area contributed by atoms with Crippen LogP contribution >= 0.6 is 39.9 Å². The van der Waals surface area contributed by atoms with Crippen molar-refractivity contribution < 1.29 is 4.79 Å². The maximum Gasteiger partial charge on any atom is 0.151 e. The number of halogens is 1. The van der Waals surface area contributed by atoms with Crippen LogP contribution in [-0.2, 0) is 5.33 Å². The first kappa shape index (κ1) is 10.2. The van der Waals surface area contributed by atoms with Gasteiger partial charge in [-0.15, -0.1) is 24.0 Å². The number of fused-ring (bicyclic) bond motifs is 1. The van der Waals surface area contributed by atoms with E-state index < -0.39 is 0 Å². The molecule has 2 rings (SSSR count). The van der Waals surface area contributed by atoms with Gasteiger partial charge in [0.15, 0.2) is 6.29 Å². The van der Waals surface area contributed by atoms with E-state index in [9.17, 15) is 4.79 Å². The summed E-state index contributed by atoms with van der Waals surface area (Å²) in [6, 6.07) is 4.00. The molecule has 72 valence electrons. The Morgan fingerprint density at radius 2 is 2.36 bits per heavy atom. The number of rotatable bonds is 2. The number of aldehydes is 1. The summed E-state index contributed by atoms with van der Waals surface area (Å²) in [5.74, 6) is 0. The van der Waals surface area contributed by atoms with Crippen LogP contribution in [0.4, 0.5) is 0 Å². The minimum atomic E-state index is 0.660. The van der Waals surface area contributed by atoms with Crippen LogP contribution in [0.15, 0.2) is 22.4 Å². The molecule has 2 aromatic rings. The van der Waals surface area contributed by atoms with Crippen molar-refractivity contribution in [2.75, 3.05) is 0 Å². The largest absolute Gasteiger partial charge is 0.298 e. The molecule has 1 aromatic heterocycles. The molecule has 4 heteroatoms. The Balaban J connectivity index is 2.88. The standard InChI is InChI=1S/C10H7BrOS2/c11-4-7-8(5-12)10-6(1-2-14-10)3-9(7)13/h1-3,5,13H,4H2. The predicted molar refractivity (Wildman–Crippen MR) is 67.1 cm³/mol. The van der Waals surface area contributed by atoms with Crippen molar-refractivity contribution >= 4 is 56.3 Å². The fourth-order valence-corrected chi connectivity index (χ4v) is 3.50. The smallest absolute Gasteiger partial charge is 0.151 e. The van der Waals surface area contributed by atoms with Gasteiger partial charge in [0, 0.05) is 20.5 Å². The maximum atomic E-state index is 11.0. The number of thiol groups is 1. The Bertz CT molecular complexity index is 490. The summed E-state index contributed by atoms with van der Waals surface area (Å²) in [5.41, 5.74) is 1.73. The van der Waals surface area contributed by atoms with Crippen LogP contribution in [0.2, 0.25) is 0 Å². The van der Waals surface area contributed by atoms with Crippen molar-refractivity contribution in [1.82, 2.24) is 0 Å². The molecule has 1 heterocycles. The zero-order chi connectivity index (χ0) is 10.1. The Kier molecular flexibility index (Phi) is 2.95. The molecule has 0 saturated carbocycles. The zero-order valence-electron chi connectivity index (χ0n) is 7.16. The molecule has 0 amide bonds. The summed E-state index contributed by atoms with van der Waals surface area (Å²) < 4.78 is 1.05. The normalized spacial score (nSPS) is 10.7. The lowest BCUT2D eigenvalue weighted by Crippen LogP contribution is -1.91. The summed E-state index contributed by atoms with van der Waals surface area (Å²) in [5, 5.41) is 3.74. The van der Waals surface area contributed by atoms with Crippen LogP contribution in [0.5, 0.6) is 0 Å². The summed E-state index contributed by atoms with van der Waals surface area (Å²) in [4.78, 5) is 11.9. The van der Waals surface area contributed by atoms with E-state index >= 15 is 0 Å². The quantitative estimate of drug-likeness (QED) is 0.503. The van der Waals surface area contributed by atoms with Crippen molar-refractivity contribution in [2.24, 2.45) is 0 Å². The van der Waals surface area contributed by atoms with Gasteiger partial charge in [-0.3, -0.25) is 4.79 Å². The van der Waals surface area contributed by atoms with Gasteiger partial charge in [-0.2, -0.15) is 0 Å². The number of benzene rings is 1. The molecule has 0 radical (unpaired) electrons. The fraction of sp³-hybridized carbons (Fsp3) is 0.100. The molecule has 1 nitrogen and oxygen atoms in total. The third-order valence-corrected chi connectivity index (χ3v) is 4.04. The third-order valence-electron chi connectivity index (χ3n) is 2.12. The Morgan fingerprint density at radius 1 is 1.57 bits per heavy atom. The topological polar surface area (TPSA) is 17.1 Å². The van der Waals surface area contributed by atoms with E-state index in [2.05, 4.69) is 28.6 Å². The highest BCUT2D eigenvalue weighted by molar-refractivity contribution is 9.08. The number of hydrogen-bond donors (Lipinski definition) is 1. The van der Waals surface area contributed by atoms with E-state index in [1.165, 1.54) is 0 Å². The third kappa shape index (κ3) is 1.51. The van der Waals surface area contributed by atoms with Crippen LogP contribution < -0.4 is 0 Å². The van der Waals surface area contributed by atoms with Crippen molar-refractivity contribution in [1.29, 1.82) is 0 Å². The van der Waals surface area contributed by atoms with Gasteiger partial charge < -0.3 is 0 Å². The summed E-state index contributed by atoms with van der Waals surface area (Å²) in [6.45, 7) is 0. The highest BCUT2D eigenvalue weighted by Crippen LogP contribution is 2.32. The second-order valence-electron chi connectivity index (χ2n) is 2.88. The number of carbonyl (C=O) groups is 1. The molecular formula is C10H7BrOS2. The average Bonchev–Trinajstić information content (AvgIpc) is 2.62. The highest BCUT2D eigenvalue weighted by Gasteiger charge is 2.10. The van der Waals surface area contributed by atoms with E-state index in [0.29, 0.717) is 5.33 Å². The lowest BCUT2D eigenvalue weighted by molar-refractivity contribution is 0.112. The number of carbonyl (C=O) groups excluding carboxylic acids is 1. The Hall–Kier alpha value is -0.320. The number of alkyl halides is 1. The Morgan fingerprint density at radius 3 is 3.00 bits per heavy atom. The van der Waals surface area contributed by atoms with Gasteiger partial charge in [0.1, 0.15) is 0 Å². The first-order valence-corrected chi connectivity index (χ1v) is 6.46. The van der Waals surface area contributed by atoms with E-state index in [-0.39, 0.29) is 0 Å². The molecule has 0 aliphatic carbocycles. The summed E-state index contributed by atoms with van der Waals surface area (Å²) in [6.07, 6.45) is 0.912. The van der Waals surface area contributed by atoms with Gasteiger partial charge in [-0.1, -0.05) is 15.9 Å². The highest BCUT2D eigenvalue weighted by atomic mass is 79.9. The van der Waals surface area contributed by atoms with Gasteiger partial charge in [0.2, 0.25) is 0 Å². The molecule has 0 spiro atoms. The molecule has 0 aliphatic rings. The van der Waals surface area contributed by atoms with Gasteiger partial charge in [-0.25, -0.2) is 0 Å². The van der Waals surface area contributed by atoms with Crippen LogP contribution in [-0.4, -0.2) is 6.29 Å². The Labute approximate surface area is 99.7 Å². The van der Waals surface area contributed by atoms with Crippen molar-refractivity contribution in [3.05, 3.63) is 28.6 Å². The van der Waals surface area contributed by atoms with Gasteiger partial charge in [-0.05, 0) is 28.5 Å². The van der Waals surface area contributed by atoms with Crippen molar-refractivity contribution in [2.45, 2.75) is 10.2 Å². The molecular weight excluding hydrogens is 280 g/mol. The number of hydrogen-bond acceptors (Lipinski definition) is 3. The fourth-order valence-electron chi connectivity index (χ4n) is 1.43. The van der Waals surface area contributed by atoms with E-state index in [0.717, 1.165) is 32.4 Å². The SMILES string of the molecule is O=Cc1c(CBr)c(S)cc2ccsc12. The monoisotopic (exact) mass is 286 g/mol. The maximum absolute atomic E-state index is 11.0. The molecule has 14 heavy (non-hydrogen) atoms. The first-order valence-electron chi connectivity index (χ1n) is 4.01.